The fraction of sp³-hybridized carbons (Fsp3) is 0.267. The first-order chi connectivity index (χ1) is 8.60. The molecule has 0 aliphatic heterocycles. The van der Waals surface area contributed by atoms with Gasteiger partial charge < -0.3 is 9.88 Å². The molecular formula is C15H19N3. The maximum absolute atomic E-state index is 4.48. The van der Waals surface area contributed by atoms with Crippen LogP contribution in [0.2, 0.25) is 0 Å². The second kappa shape index (κ2) is 5.08. The van der Waals surface area contributed by atoms with E-state index in [4.69, 9.17) is 0 Å². The predicted octanol–water partition coefficient (Wildman–Crippen LogP) is 3.74. The van der Waals surface area contributed by atoms with Crippen LogP contribution in [-0.2, 0) is 6.54 Å². The van der Waals surface area contributed by atoms with Crippen LogP contribution < -0.4 is 5.32 Å². The zero-order chi connectivity index (χ0) is 13.1. The number of aryl methyl sites for hydroxylation is 3. The van der Waals surface area contributed by atoms with Crippen molar-refractivity contribution in [2.45, 2.75) is 27.3 Å². The van der Waals surface area contributed by atoms with E-state index in [9.17, 15) is 0 Å². The molecule has 0 spiro atoms. The van der Waals surface area contributed by atoms with Crippen LogP contribution >= 0.6 is 0 Å². The van der Waals surface area contributed by atoms with Gasteiger partial charge >= 0.3 is 0 Å². The highest BCUT2D eigenvalue weighted by molar-refractivity contribution is 5.56. The van der Waals surface area contributed by atoms with Crippen molar-refractivity contribution in [1.29, 1.82) is 0 Å². The molecule has 1 aromatic heterocycles. The summed E-state index contributed by atoms with van der Waals surface area (Å²) in [5.41, 5.74) is 4.64. The van der Waals surface area contributed by atoms with Crippen molar-refractivity contribution in [2.24, 2.45) is 0 Å². The van der Waals surface area contributed by atoms with Crippen LogP contribution in [0.15, 0.2) is 37.1 Å². The maximum atomic E-state index is 4.48. The summed E-state index contributed by atoms with van der Waals surface area (Å²) in [7, 11) is 0. The predicted molar refractivity (Wildman–Crippen MR) is 76.4 cm³/mol. The molecule has 18 heavy (non-hydrogen) atoms. The highest BCUT2D eigenvalue weighted by atomic mass is 15.2. The van der Waals surface area contributed by atoms with Gasteiger partial charge in [0.25, 0.3) is 0 Å². The van der Waals surface area contributed by atoms with Gasteiger partial charge in [0.2, 0.25) is 5.95 Å². The van der Waals surface area contributed by atoms with E-state index in [1.54, 1.807) is 0 Å². The van der Waals surface area contributed by atoms with E-state index >= 15 is 0 Å². The van der Waals surface area contributed by atoms with E-state index in [0.717, 1.165) is 23.9 Å². The number of anilines is 2. The molecule has 1 aromatic carbocycles. The Hall–Kier alpha value is -2.03. The molecule has 0 fully saturated rings. The molecule has 2 rings (SSSR count). The summed E-state index contributed by atoms with van der Waals surface area (Å²) in [4.78, 5) is 4.48. The van der Waals surface area contributed by atoms with Gasteiger partial charge in [0.1, 0.15) is 0 Å². The quantitative estimate of drug-likeness (QED) is 0.826. The Morgan fingerprint density at radius 3 is 2.72 bits per heavy atom. The van der Waals surface area contributed by atoms with Crippen LogP contribution in [0.5, 0.6) is 0 Å². The molecule has 0 bridgehead atoms. The lowest BCUT2D eigenvalue weighted by atomic mass is 10.1. The van der Waals surface area contributed by atoms with Crippen LogP contribution in [0, 0.1) is 20.8 Å². The number of hydrogen-bond donors (Lipinski definition) is 1. The topological polar surface area (TPSA) is 29.9 Å². The van der Waals surface area contributed by atoms with Gasteiger partial charge in [-0.15, -0.1) is 6.58 Å². The van der Waals surface area contributed by atoms with Crippen molar-refractivity contribution in [3.8, 4) is 0 Å². The van der Waals surface area contributed by atoms with Crippen molar-refractivity contribution in [1.82, 2.24) is 9.55 Å². The fourth-order valence-electron chi connectivity index (χ4n) is 1.87. The van der Waals surface area contributed by atoms with Gasteiger partial charge in [0.05, 0.1) is 5.69 Å². The number of allylic oxidation sites excluding steroid dienone is 1. The summed E-state index contributed by atoms with van der Waals surface area (Å²) in [6.07, 6.45) is 3.89. The highest BCUT2D eigenvalue weighted by Crippen LogP contribution is 2.19. The number of imidazole rings is 1. The van der Waals surface area contributed by atoms with E-state index in [0.29, 0.717) is 0 Å². The van der Waals surface area contributed by atoms with Crippen molar-refractivity contribution in [2.75, 3.05) is 5.32 Å². The van der Waals surface area contributed by atoms with E-state index in [1.807, 2.05) is 19.2 Å². The van der Waals surface area contributed by atoms with Crippen LogP contribution in [0.1, 0.15) is 16.8 Å². The summed E-state index contributed by atoms with van der Waals surface area (Å²) >= 11 is 0. The SMILES string of the molecule is C=CCn1cc(C)nc1Nc1ccc(C)c(C)c1. The number of nitrogens with one attached hydrogen (secondary N) is 1. The van der Waals surface area contributed by atoms with E-state index in [1.165, 1.54) is 11.1 Å². The van der Waals surface area contributed by atoms with Gasteiger partial charge in [0, 0.05) is 18.4 Å². The minimum absolute atomic E-state index is 0.758. The number of nitrogens with zero attached hydrogens (tertiary/aromatic N) is 2. The third-order valence-electron chi connectivity index (χ3n) is 2.99. The van der Waals surface area contributed by atoms with Gasteiger partial charge in [-0.2, -0.15) is 0 Å². The van der Waals surface area contributed by atoms with Crippen LogP contribution in [0.25, 0.3) is 0 Å². The zero-order valence-corrected chi connectivity index (χ0v) is 11.2. The molecule has 0 saturated carbocycles. The monoisotopic (exact) mass is 241 g/mol. The molecule has 0 aliphatic carbocycles. The Morgan fingerprint density at radius 2 is 2.06 bits per heavy atom. The van der Waals surface area contributed by atoms with Crippen molar-refractivity contribution in [3.05, 3.63) is 53.9 Å². The normalized spacial score (nSPS) is 10.4. The number of aromatic nitrogens is 2. The van der Waals surface area contributed by atoms with Gasteiger partial charge in [-0.1, -0.05) is 12.1 Å². The van der Waals surface area contributed by atoms with Gasteiger partial charge in [-0.25, -0.2) is 4.98 Å². The molecular weight excluding hydrogens is 222 g/mol. The smallest absolute Gasteiger partial charge is 0.207 e. The first-order valence-electron chi connectivity index (χ1n) is 6.09. The fourth-order valence-corrected chi connectivity index (χ4v) is 1.87. The molecule has 0 radical (unpaired) electrons. The van der Waals surface area contributed by atoms with Crippen molar-refractivity contribution in [3.63, 3.8) is 0 Å². The zero-order valence-electron chi connectivity index (χ0n) is 11.2. The molecule has 0 aliphatic rings. The summed E-state index contributed by atoms with van der Waals surface area (Å²) in [5.74, 6) is 0.857. The van der Waals surface area contributed by atoms with E-state index < -0.39 is 0 Å². The summed E-state index contributed by atoms with van der Waals surface area (Å²) < 4.78 is 2.05. The lowest BCUT2D eigenvalue weighted by Crippen LogP contribution is -2.02. The van der Waals surface area contributed by atoms with E-state index in [-0.39, 0.29) is 0 Å². The molecule has 0 atom stereocenters. The Bertz CT molecular complexity index is 567. The average Bonchev–Trinajstić information content (AvgIpc) is 2.65. The highest BCUT2D eigenvalue weighted by Gasteiger charge is 2.05. The second-order valence-electron chi connectivity index (χ2n) is 4.57. The van der Waals surface area contributed by atoms with Crippen LogP contribution in [0.3, 0.4) is 0 Å². The Kier molecular flexibility index (Phi) is 3.51. The van der Waals surface area contributed by atoms with Crippen LogP contribution in [0.4, 0.5) is 11.6 Å². The molecule has 94 valence electrons. The summed E-state index contributed by atoms with van der Waals surface area (Å²) in [6, 6.07) is 6.33. The lowest BCUT2D eigenvalue weighted by Gasteiger charge is -2.09. The van der Waals surface area contributed by atoms with Gasteiger partial charge in [0.15, 0.2) is 0 Å². The largest absolute Gasteiger partial charge is 0.326 e. The Labute approximate surface area is 108 Å². The molecule has 0 saturated heterocycles. The van der Waals surface area contributed by atoms with Gasteiger partial charge in [-0.3, -0.25) is 0 Å². The molecule has 0 amide bonds. The second-order valence-corrected chi connectivity index (χ2v) is 4.57. The molecule has 3 heteroatoms. The van der Waals surface area contributed by atoms with Gasteiger partial charge in [-0.05, 0) is 44.0 Å². The van der Waals surface area contributed by atoms with Crippen molar-refractivity contribution >= 4 is 11.6 Å². The molecule has 1 heterocycles. The number of rotatable bonds is 4. The van der Waals surface area contributed by atoms with E-state index in [2.05, 4.69) is 53.5 Å². The van der Waals surface area contributed by atoms with Crippen LogP contribution in [-0.4, -0.2) is 9.55 Å². The van der Waals surface area contributed by atoms with Crippen molar-refractivity contribution < 1.29 is 0 Å². The minimum atomic E-state index is 0.758. The number of hydrogen-bond acceptors (Lipinski definition) is 2. The third kappa shape index (κ3) is 2.62. The first kappa shape index (κ1) is 12.4. The standard InChI is InChI=1S/C15H19N3/c1-5-8-18-10-13(4)16-15(18)17-14-7-6-11(2)12(3)9-14/h5-7,9-10H,1,8H2,2-4H3,(H,16,17). The molecule has 1 N–H and O–H groups in total. The number of benzene rings is 1. The summed E-state index contributed by atoms with van der Waals surface area (Å²) in [6.45, 7) is 10.7. The maximum Gasteiger partial charge on any atom is 0.207 e. The molecule has 3 nitrogen and oxygen atoms in total. The molecule has 0 unspecified atom stereocenters. The Balaban J connectivity index is 2.27. The minimum Gasteiger partial charge on any atom is -0.326 e. The first-order valence-corrected chi connectivity index (χ1v) is 6.09. The lowest BCUT2D eigenvalue weighted by molar-refractivity contribution is 0.832. The average molecular weight is 241 g/mol. The molecule has 2 aromatic rings. The summed E-state index contributed by atoms with van der Waals surface area (Å²) in [5, 5.41) is 3.35. The Morgan fingerprint density at radius 1 is 1.28 bits per heavy atom. The third-order valence-corrected chi connectivity index (χ3v) is 2.99.